The van der Waals surface area contributed by atoms with E-state index in [2.05, 4.69) is 28.5 Å². The minimum atomic E-state index is -0.394. The molecule has 6 heteroatoms. The van der Waals surface area contributed by atoms with Gasteiger partial charge in [-0.3, -0.25) is 0 Å². The number of hydrogen-bond donors (Lipinski definition) is 1. The maximum atomic E-state index is 13.0. The molecule has 1 N–H and O–H groups in total. The monoisotopic (exact) mass is 443 g/mol. The maximum Gasteiger partial charge on any atom is 0.317 e. The Labute approximate surface area is 192 Å². The summed E-state index contributed by atoms with van der Waals surface area (Å²) in [7, 11) is 0. The van der Waals surface area contributed by atoms with Gasteiger partial charge in [0.05, 0.1) is 6.20 Å². The molecule has 1 aliphatic heterocycles. The first kappa shape index (κ1) is 21.2. The molecule has 2 aliphatic rings. The molecule has 168 valence electrons. The molecule has 5 rings (SSSR count). The third kappa shape index (κ3) is 5.40. The van der Waals surface area contributed by atoms with E-state index in [-0.39, 0.29) is 12.1 Å². The van der Waals surface area contributed by atoms with Gasteiger partial charge in [-0.25, -0.2) is 14.2 Å². The van der Waals surface area contributed by atoms with Crippen LogP contribution >= 0.6 is 0 Å². The maximum absolute atomic E-state index is 13.0. The van der Waals surface area contributed by atoms with Crippen LogP contribution in [0.15, 0.2) is 78.5 Å². The fourth-order valence-electron chi connectivity index (χ4n) is 4.26. The van der Waals surface area contributed by atoms with Gasteiger partial charge in [0.15, 0.2) is 0 Å². The highest BCUT2D eigenvalue weighted by Crippen LogP contribution is 2.40. The number of hydrogen-bond acceptors (Lipinski definition) is 3. The number of carbonyl (C=O) groups excluding carboxylic acids is 1. The Hall–Kier alpha value is -3.67. The summed E-state index contributed by atoms with van der Waals surface area (Å²) >= 11 is 0. The molecule has 2 heterocycles. The van der Waals surface area contributed by atoms with Crippen LogP contribution in [-0.2, 0) is 0 Å². The van der Waals surface area contributed by atoms with Crippen molar-refractivity contribution in [2.75, 3.05) is 13.1 Å². The number of carbonyl (C=O) groups is 1. The zero-order valence-corrected chi connectivity index (χ0v) is 18.3. The SMILES string of the molecule is O=C(NC1C[C@H]1c1ccccc1)N1CCC(=Cc2cccc(Oc3ccc(F)cn3)c2)CC1. The highest BCUT2D eigenvalue weighted by molar-refractivity contribution is 5.75. The lowest BCUT2D eigenvalue weighted by Crippen LogP contribution is -2.44. The lowest BCUT2D eigenvalue weighted by Gasteiger charge is -2.28. The van der Waals surface area contributed by atoms with E-state index in [9.17, 15) is 9.18 Å². The fourth-order valence-corrected chi connectivity index (χ4v) is 4.26. The summed E-state index contributed by atoms with van der Waals surface area (Å²) < 4.78 is 18.8. The standard InChI is InChI=1S/C27H26FN3O2/c28-22-9-10-26(29-18-22)33-23-8-4-5-20(16-23)15-19-11-13-31(14-12-19)27(32)30-25-17-24(25)21-6-2-1-3-7-21/h1-10,15-16,18,24-25H,11-14,17H2,(H,30,32)/t24-,25?/m0/s1. The van der Waals surface area contributed by atoms with Crippen molar-refractivity contribution in [3.05, 3.63) is 95.4 Å². The third-order valence-corrected chi connectivity index (χ3v) is 6.17. The van der Waals surface area contributed by atoms with Gasteiger partial charge in [0.2, 0.25) is 5.88 Å². The number of piperidine rings is 1. The first-order valence-electron chi connectivity index (χ1n) is 11.3. The van der Waals surface area contributed by atoms with Crippen molar-refractivity contribution in [1.82, 2.24) is 15.2 Å². The molecule has 2 atom stereocenters. The predicted octanol–water partition coefficient (Wildman–Crippen LogP) is 5.76. The first-order valence-corrected chi connectivity index (χ1v) is 11.3. The molecule has 1 saturated carbocycles. The Kier molecular flexibility index (Phi) is 6.07. The van der Waals surface area contributed by atoms with Crippen LogP contribution in [0.25, 0.3) is 6.08 Å². The quantitative estimate of drug-likeness (QED) is 0.546. The number of rotatable bonds is 5. The summed E-state index contributed by atoms with van der Waals surface area (Å²) in [4.78, 5) is 18.5. The number of aromatic nitrogens is 1. The average Bonchev–Trinajstić information content (AvgIpc) is 3.61. The van der Waals surface area contributed by atoms with Gasteiger partial charge in [0.25, 0.3) is 0 Å². The zero-order valence-electron chi connectivity index (χ0n) is 18.3. The summed E-state index contributed by atoms with van der Waals surface area (Å²) in [6.45, 7) is 1.44. The number of urea groups is 1. The predicted molar refractivity (Wildman–Crippen MR) is 126 cm³/mol. The van der Waals surface area contributed by atoms with Crippen LogP contribution in [0.5, 0.6) is 11.6 Å². The van der Waals surface area contributed by atoms with E-state index >= 15 is 0 Å². The van der Waals surface area contributed by atoms with E-state index in [1.165, 1.54) is 23.3 Å². The second kappa shape index (κ2) is 9.45. The van der Waals surface area contributed by atoms with E-state index in [0.717, 1.165) is 44.1 Å². The van der Waals surface area contributed by atoms with Gasteiger partial charge in [-0.1, -0.05) is 54.1 Å². The van der Waals surface area contributed by atoms with E-state index in [1.807, 2.05) is 47.4 Å². The summed E-state index contributed by atoms with van der Waals surface area (Å²) in [5, 5.41) is 3.19. The van der Waals surface area contributed by atoms with Crippen molar-refractivity contribution < 1.29 is 13.9 Å². The average molecular weight is 444 g/mol. The van der Waals surface area contributed by atoms with Crippen molar-refractivity contribution in [3.63, 3.8) is 0 Å². The van der Waals surface area contributed by atoms with Gasteiger partial charge >= 0.3 is 6.03 Å². The van der Waals surface area contributed by atoms with Crippen molar-refractivity contribution in [1.29, 1.82) is 0 Å². The topological polar surface area (TPSA) is 54.5 Å². The Balaban J connectivity index is 1.13. The molecule has 1 aromatic heterocycles. The number of benzene rings is 2. The van der Waals surface area contributed by atoms with Crippen molar-refractivity contribution in [3.8, 4) is 11.6 Å². The van der Waals surface area contributed by atoms with Crippen LogP contribution < -0.4 is 10.1 Å². The number of nitrogens with one attached hydrogen (secondary N) is 1. The molecule has 2 aromatic carbocycles. The molecule has 1 unspecified atom stereocenters. The molecular weight excluding hydrogens is 417 g/mol. The third-order valence-electron chi connectivity index (χ3n) is 6.17. The molecule has 2 amide bonds. The Morgan fingerprint density at radius 2 is 1.88 bits per heavy atom. The van der Waals surface area contributed by atoms with Gasteiger partial charge in [0, 0.05) is 31.1 Å². The van der Waals surface area contributed by atoms with E-state index in [4.69, 9.17) is 4.74 Å². The molecule has 2 fully saturated rings. The minimum absolute atomic E-state index is 0.0414. The molecule has 0 radical (unpaired) electrons. The lowest BCUT2D eigenvalue weighted by molar-refractivity contribution is 0.193. The fraction of sp³-hybridized carbons (Fsp3) is 0.259. The number of ether oxygens (including phenoxy) is 1. The van der Waals surface area contributed by atoms with E-state index in [1.54, 1.807) is 0 Å². The Morgan fingerprint density at radius 1 is 1.06 bits per heavy atom. The van der Waals surface area contributed by atoms with Gasteiger partial charge < -0.3 is 15.0 Å². The summed E-state index contributed by atoms with van der Waals surface area (Å²) in [6, 6.07) is 21.2. The first-order chi connectivity index (χ1) is 16.1. The Bertz CT molecular complexity index is 1140. The number of nitrogens with zero attached hydrogens (tertiary/aromatic N) is 2. The Morgan fingerprint density at radius 3 is 2.64 bits per heavy atom. The summed E-state index contributed by atoms with van der Waals surface area (Å²) in [5.41, 5.74) is 3.64. The lowest BCUT2D eigenvalue weighted by atomic mass is 10.0. The molecule has 1 aliphatic carbocycles. The second-order valence-electron chi connectivity index (χ2n) is 8.59. The highest BCUT2D eigenvalue weighted by Gasteiger charge is 2.40. The molecule has 0 spiro atoms. The molecule has 5 nitrogen and oxygen atoms in total. The number of pyridine rings is 1. The normalized spacial score (nSPS) is 19.7. The van der Waals surface area contributed by atoms with Gasteiger partial charge in [-0.05, 0) is 48.6 Å². The molecular formula is C27H26FN3O2. The molecule has 33 heavy (non-hydrogen) atoms. The zero-order chi connectivity index (χ0) is 22.6. The molecule has 0 bridgehead atoms. The second-order valence-corrected chi connectivity index (χ2v) is 8.59. The van der Waals surface area contributed by atoms with Gasteiger partial charge in [-0.2, -0.15) is 0 Å². The van der Waals surface area contributed by atoms with Crippen LogP contribution in [0.2, 0.25) is 0 Å². The highest BCUT2D eigenvalue weighted by atomic mass is 19.1. The largest absolute Gasteiger partial charge is 0.439 e. The molecule has 1 saturated heterocycles. The van der Waals surface area contributed by atoms with Crippen molar-refractivity contribution >= 4 is 12.1 Å². The smallest absolute Gasteiger partial charge is 0.317 e. The number of likely N-dealkylation sites (tertiary alicyclic amines) is 1. The van der Waals surface area contributed by atoms with E-state index in [0.29, 0.717) is 17.5 Å². The molecule has 3 aromatic rings. The summed E-state index contributed by atoms with van der Waals surface area (Å²) in [5.74, 6) is 1.05. The van der Waals surface area contributed by atoms with Crippen LogP contribution in [0, 0.1) is 5.82 Å². The van der Waals surface area contributed by atoms with Crippen LogP contribution in [0.1, 0.15) is 36.3 Å². The van der Waals surface area contributed by atoms with Gasteiger partial charge in [-0.15, -0.1) is 0 Å². The number of halogens is 1. The van der Waals surface area contributed by atoms with Crippen LogP contribution in [0.4, 0.5) is 9.18 Å². The number of amides is 2. The van der Waals surface area contributed by atoms with Crippen LogP contribution in [-0.4, -0.2) is 35.0 Å². The van der Waals surface area contributed by atoms with E-state index < -0.39 is 5.82 Å². The van der Waals surface area contributed by atoms with Crippen molar-refractivity contribution in [2.45, 2.75) is 31.2 Å². The summed E-state index contributed by atoms with van der Waals surface area (Å²) in [6.07, 6.45) is 6.01. The minimum Gasteiger partial charge on any atom is -0.439 e. The van der Waals surface area contributed by atoms with Gasteiger partial charge in [0.1, 0.15) is 11.6 Å². The van der Waals surface area contributed by atoms with Crippen molar-refractivity contribution in [2.24, 2.45) is 0 Å². The van der Waals surface area contributed by atoms with Crippen LogP contribution in [0.3, 0.4) is 0 Å².